The quantitative estimate of drug-likeness (QED) is 0.566. The van der Waals surface area contributed by atoms with Gasteiger partial charge < -0.3 is 29.5 Å². The van der Waals surface area contributed by atoms with Gasteiger partial charge in [0.1, 0.15) is 24.4 Å². The summed E-state index contributed by atoms with van der Waals surface area (Å²) in [6, 6.07) is 0. The van der Waals surface area contributed by atoms with Crippen LogP contribution in [-0.4, -0.2) is 58.9 Å². The van der Waals surface area contributed by atoms with Gasteiger partial charge in [0.15, 0.2) is 12.6 Å². The number of aliphatic hydroxyl groups is 3. The molecule has 6 atom stereocenters. The molecule has 0 amide bonds. The minimum Gasteiger partial charge on any atom is -0.387 e. The number of hydrogen-bond donors (Lipinski definition) is 3. The summed E-state index contributed by atoms with van der Waals surface area (Å²) in [6.45, 7) is 2.27. The lowest BCUT2D eigenvalue weighted by Crippen LogP contribution is -2.62. The molecule has 6 heteroatoms. The summed E-state index contributed by atoms with van der Waals surface area (Å²) in [5.41, 5.74) is 0. The first-order valence-electron chi connectivity index (χ1n) is 5.60. The molecule has 0 aromatic carbocycles. The highest BCUT2D eigenvalue weighted by Crippen LogP contribution is 2.28. The predicted octanol–water partition coefficient (Wildman–Crippen LogP) is -1.03. The molecule has 0 radical (unpaired) electrons. The van der Waals surface area contributed by atoms with Crippen molar-refractivity contribution >= 4 is 0 Å². The van der Waals surface area contributed by atoms with Crippen LogP contribution in [0.2, 0.25) is 0 Å². The Balaban J connectivity index is 2.00. The van der Waals surface area contributed by atoms with Crippen molar-refractivity contribution in [3.8, 4) is 0 Å². The van der Waals surface area contributed by atoms with Crippen LogP contribution in [0.5, 0.6) is 0 Å². The molecule has 16 heavy (non-hydrogen) atoms. The minimum absolute atomic E-state index is 0.260. The maximum absolute atomic E-state index is 9.76. The van der Waals surface area contributed by atoms with Gasteiger partial charge in [-0.15, -0.1) is 0 Å². The van der Waals surface area contributed by atoms with Crippen molar-refractivity contribution in [1.82, 2.24) is 0 Å². The van der Waals surface area contributed by atoms with Gasteiger partial charge >= 0.3 is 0 Å². The van der Waals surface area contributed by atoms with Crippen LogP contribution in [0.1, 0.15) is 19.8 Å². The zero-order chi connectivity index (χ0) is 11.7. The lowest BCUT2D eigenvalue weighted by molar-refractivity contribution is -0.352. The van der Waals surface area contributed by atoms with E-state index in [1.165, 1.54) is 0 Å². The fourth-order valence-corrected chi connectivity index (χ4v) is 2.03. The Morgan fingerprint density at radius 3 is 2.56 bits per heavy atom. The van der Waals surface area contributed by atoms with Gasteiger partial charge in [0, 0.05) is 0 Å². The molecule has 0 bridgehead atoms. The van der Waals surface area contributed by atoms with E-state index in [4.69, 9.17) is 14.2 Å². The molecule has 0 spiro atoms. The first-order chi connectivity index (χ1) is 7.63. The Kier molecular flexibility index (Phi) is 3.78. The molecule has 0 aliphatic carbocycles. The van der Waals surface area contributed by atoms with Crippen LogP contribution >= 0.6 is 0 Å². The summed E-state index contributed by atoms with van der Waals surface area (Å²) in [5.74, 6) is 0. The van der Waals surface area contributed by atoms with Gasteiger partial charge in [0.25, 0.3) is 0 Å². The van der Waals surface area contributed by atoms with E-state index < -0.39 is 30.7 Å². The Hall–Kier alpha value is -0.240. The maximum atomic E-state index is 9.76. The van der Waals surface area contributed by atoms with Gasteiger partial charge in [-0.2, -0.15) is 0 Å². The van der Waals surface area contributed by atoms with Gasteiger partial charge in [0.05, 0.1) is 6.61 Å². The van der Waals surface area contributed by atoms with E-state index >= 15 is 0 Å². The smallest absolute Gasteiger partial charge is 0.184 e. The Labute approximate surface area is 93.7 Å². The summed E-state index contributed by atoms with van der Waals surface area (Å²) in [6.07, 6.45) is -3.75. The van der Waals surface area contributed by atoms with E-state index in [-0.39, 0.29) is 12.9 Å². The minimum atomic E-state index is -1.38. The Bertz CT molecular complexity index is 233. The fraction of sp³-hybridized carbons (Fsp3) is 1.00. The fourth-order valence-electron chi connectivity index (χ4n) is 2.03. The molecule has 3 N–H and O–H groups in total. The molecule has 2 rings (SSSR count). The van der Waals surface area contributed by atoms with Crippen molar-refractivity contribution in [2.75, 3.05) is 6.61 Å². The van der Waals surface area contributed by atoms with Gasteiger partial charge in [-0.25, -0.2) is 0 Å². The summed E-state index contributed by atoms with van der Waals surface area (Å²) in [5, 5.41) is 28.5. The highest BCUT2D eigenvalue weighted by Gasteiger charge is 2.47. The van der Waals surface area contributed by atoms with E-state index in [9.17, 15) is 15.3 Å². The Morgan fingerprint density at radius 2 is 1.88 bits per heavy atom. The molecule has 0 saturated carbocycles. The molecule has 2 saturated heterocycles. The van der Waals surface area contributed by atoms with Gasteiger partial charge in [-0.3, -0.25) is 0 Å². The van der Waals surface area contributed by atoms with E-state index in [0.29, 0.717) is 0 Å². The molecule has 0 aromatic heterocycles. The van der Waals surface area contributed by atoms with E-state index in [1.807, 2.05) is 6.92 Å². The predicted molar refractivity (Wildman–Crippen MR) is 52.4 cm³/mol. The van der Waals surface area contributed by atoms with Crippen molar-refractivity contribution in [1.29, 1.82) is 0 Å². The summed E-state index contributed by atoms with van der Waals surface area (Å²) in [7, 11) is 0. The van der Waals surface area contributed by atoms with Crippen LogP contribution in [0.4, 0.5) is 0 Å². The van der Waals surface area contributed by atoms with Crippen molar-refractivity contribution < 1.29 is 29.5 Å². The molecule has 94 valence electrons. The molecule has 2 heterocycles. The van der Waals surface area contributed by atoms with Gasteiger partial charge in [-0.1, -0.05) is 13.3 Å². The third-order valence-corrected chi connectivity index (χ3v) is 2.94. The van der Waals surface area contributed by atoms with Crippen LogP contribution < -0.4 is 0 Å². The molecule has 2 aliphatic rings. The molecular weight excluding hydrogens is 216 g/mol. The largest absolute Gasteiger partial charge is 0.387 e. The van der Waals surface area contributed by atoms with Crippen molar-refractivity contribution in [3.63, 3.8) is 0 Å². The molecule has 2 unspecified atom stereocenters. The molecular formula is C10H18O6. The molecule has 2 aliphatic heterocycles. The summed E-state index contributed by atoms with van der Waals surface area (Å²) >= 11 is 0. The number of fused-ring (bicyclic) bond motifs is 1. The highest BCUT2D eigenvalue weighted by molar-refractivity contribution is 4.91. The second kappa shape index (κ2) is 4.95. The number of hydrogen-bond acceptors (Lipinski definition) is 6. The van der Waals surface area contributed by atoms with E-state index in [1.54, 1.807) is 0 Å². The molecule has 2 fully saturated rings. The topological polar surface area (TPSA) is 88.4 Å². The monoisotopic (exact) mass is 234 g/mol. The van der Waals surface area contributed by atoms with Crippen LogP contribution in [-0.2, 0) is 14.2 Å². The zero-order valence-electron chi connectivity index (χ0n) is 9.15. The van der Waals surface area contributed by atoms with Crippen LogP contribution in [0.25, 0.3) is 0 Å². The number of aliphatic hydroxyl groups excluding tert-OH is 3. The number of ether oxygens (including phenoxy) is 3. The van der Waals surface area contributed by atoms with Crippen molar-refractivity contribution in [3.05, 3.63) is 0 Å². The lowest BCUT2D eigenvalue weighted by atomic mass is 9.98. The van der Waals surface area contributed by atoms with Gasteiger partial charge in [-0.05, 0) is 6.42 Å². The second-order valence-electron chi connectivity index (χ2n) is 4.20. The lowest BCUT2D eigenvalue weighted by Gasteiger charge is -2.45. The van der Waals surface area contributed by atoms with Crippen molar-refractivity contribution in [2.24, 2.45) is 0 Å². The third-order valence-electron chi connectivity index (χ3n) is 2.94. The highest BCUT2D eigenvalue weighted by atomic mass is 16.7. The first-order valence-corrected chi connectivity index (χ1v) is 5.60. The first kappa shape index (κ1) is 12.2. The normalized spacial score (nSPS) is 48.8. The van der Waals surface area contributed by atoms with Crippen LogP contribution in [0.15, 0.2) is 0 Å². The third kappa shape index (κ3) is 2.22. The van der Waals surface area contributed by atoms with Crippen LogP contribution in [0, 0.1) is 0 Å². The van der Waals surface area contributed by atoms with E-state index in [2.05, 4.69) is 0 Å². The summed E-state index contributed by atoms with van der Waals surface area (Å²) in [4.78, 5) is 0. The molecule has 0 aromatic rings. The van der Waals surface area contributed by atoms with Crippen LogP contribution in [0.3, 0.4) is 0 Å². The Morgan fingerprint density at radius 1 is 1.12 bits per heavy atom. The van der Waals surface area contributed by atoms with E-state index in [0.717, 1.165) is 12.8 Å². The second-order valence-corrected chi connectivity index (χ2v) is 4.20. The zero-order valence-corrected chi connectivity index (χ0v) is 9.15. The maximum Gasteiger partial charge on any atom is 0.184 e. The average molecular weight is 234 g/mol. The average Bonchev–Trinajstić information content (AvgIpc) is 2.28. The SMILES string of the molecule is CCCC1OC[C@H]2OC(O)[C@H](O)[C@@H](O)[C@@H]2O1. The summed E-state index contributed by atoms with van der Waals surface area (Å²) < 4.78 is 16.0. The number of rotatable bonds is 2. The molecule has 6 nitrogen and oxygen atoms in total. The van der Waals surface area contributed by atoms with Crippen molar-refractivity contribution in [2.45, 2.75) is 56.8 Å². The van der Waals surface area contributed by atoms with Gasteiger partial charge in [0.2, 0.25) is 0 Å². The standard InChI is InChI=1S/C10H18O6/c1-2-3-6-14-4-5-9(16-6)7(11)8(12)10(13)15-5/h5-13H,2-4H2,1H3/t5-,6?,7-,8-,9-,10?/m1/s1.